The standard InChI is InChI=1S/C22H25ClN4O2/c1-14(2)18-8-6-7-9-19(18)27-15(3)24-21(25-27)22(28)26(4)13-16-12-17(23)10-11-20(16)29-5/h6-12,14H,13H2,1-5H3. The second kappa shape index (κ2) is 8.66. The lowest BCUT2D eigenvalue weighted by atomic mass is 10.0. The molecular weight excluding hydrogens is 388 g/mol. The van der Waals surface area contributed by atoms with Crippen molar-refractivity contribution in [1.82, 2.24) is 19.7 Å². The number of amides is 1. The Morgan fingerprint density at radius 3 is 2.66 bits per heavy atom. The van der Waals surface area contributed by atoms with Crippen LogP contribution in [0.1, 0.15) is 47.3 Å². The van der Waals surface area contributed by atoms with Gasteiger partial charge in [0, 0.05) is 24.2 Å². The molecule has 0 fully saturated rings. The molecule has 29 heavy (non-hydrogen) atoms. The molecule has 0 unspecified atom stereocenters. The van der Waals surface area contributed by atoms with E-state index in [-0.39, 0.29) is 11.7 Å². The van der Waals surface area contributed by atoms with E-state index in [4.69, 9.17) is 16.3 Å². The summed E-state index contributed by atoms with van der Waals surface area (Å²) >= 11 is 6.10. The van der Waals surface area contributed by atoms with Gasteiger partial charge in [-0.3, -0.25) is 4.79 Å². The van der Waals surface area contributed by atoms with Gasteiger partial charge >= 0.3 is 0 Å². The second-order valence-electron chi connectivity index (χ2n) is 7.23. The number of hydrogen-bond donors (Lipinski definition) is 0. The Bertz CT molecular complexity index is 1030. The molecule has 6 nitrogen and oxygen atoms in total. The Balaban J connectivity index is 1.88. The van der Waals surface area contributed by atoms with E-state index >= 15 is 0 Å². The van der Waals surface area contributed by atoms with Crippen LogP contribution in [-0.4, -0.2) is 39.7 Å². The largest absolute Gasteiger partial charge is 0.496 e. The van der Waals surface area contributed by atoms with Crippen LogP contribution >= 0.6 is 11.6 Å². The van der Waals surface area contributed by atoms with E-state index in [1.54, 1.807) is 41.9 Å². The van der Waals surface area contributed by atoms with Crippen LogP contribution in [0, 0.1) is 6.92 Å². The van der Waals surface area contributed by atoms with Crippen LogP contribution in [0.2, 0.25) is 5.02 Å². The number of para-hydroxylation sites is 1. The zero-order valence-corrected chi connectivity index (χ0v) is 18.1. The topological polar surface area (TPSA) is 60.2 Å². The number of nitrogens with zero attached hydrogens (tertiary/aromatic N) is 4. The number of benzene rings is 2. The molecule has 3 aromatic rings. The number of aromatic nitrogens is 3. The van der Waals surface area contributed by atoms with Crippen LogP contribution in [-0.2, 0) is 6.54 Å². The first-order valence-electron chi connectivity index (χ1n) is 9.42. The smallest absolute Gasteiger partial charge is 0.293 e. The molecule has 3 rings (SSSR count). The summed E-state index contributed by atoms with van der Waals surface area (Å²) in [6.07, 6.45) is 0. The van der Waals surface area contributed by atoms with Crippen molar-refractivity contribution in [1.29, 1.82) is 0 Å². The fourth-order valence-corrected chi connectivity index (χ4v) is 3.44. The summed E-state index contributed by atoms with van der Waals surface area (Å²) < 4.78 is 7.10. The fourth-order valence-electron chi connectivity index (χ4n) is 3.25. The first-order chi connectivity index (χ1) is 13.8. The Kier molecular flexibility index (Phi) is 6.23. The summed E-state index contributed by atoms with van der Waals surface area (Å²) in [7, 11) is 3.30. The van der Waals surface area contributed by atoms with Crippen LogP contribution in [0.15, 0.2) is 42.5 Å². The molecule has 0 radical (unpaired) electrons. The third kappa shape index (κ3) is 4.43. The minimum Gasteiger partial charge on any atom is -0.496 e. The third-order valence-electron chi connectivity index (χ3n) is 4.74. The van der Waals surface area contributed by atoms with Crippen molar-refractivity contribution in [2.45, 2.75) is 33.2 Å². The van der Waals surface area contributed by atoms with Gasteiger partial charge in [-0.1, -0.05) is 43.6 Å². The van der Waals surface area contributed by atoms with Crippen molar-refractivity contribution >= 4 is 17.5 Å². The Morgan fingerprint density at radius 1 is 1.24 bits per heavy atom. The highest BCUT2D eigenvalue weighted by atomic mass is 35.5. The molecule has 0 N–H and O–H groups in total. The molecule has 0 bridgehead atoms. The van der Waals surface area contributed by atoms with E-state index in [1.165, 1.54) is 0 Å². The summed E-state index contributed by atoms with van der Waals surface area (Å²) in [6.45, 7) is 6.44. The molecule has 0 aliphatic carbocycles. The van der Waals surface area contributed by atoms with Crippen molar-refractivity contribution in [2.24, 2.45) is 0 Å². The van der Waals surface area contributed by atoms with Gasteiger partial charge in [-0.05, 0) is 42.7 Å². The van der Waals surface area contributed by atoms with Gasteiger partial charge in [-0.25, -0.2) is 9.67 Å². The van der Waals surface area contributed by atoms with Gasteiger partial charge in [0.1, 0.15) is 11.6 Å². The average molecular weight is 413 g/mol. The van der Waals surface area contributed by atoms with Gasteiger partial charge < -0.3 is 9.64 Å². The number of hydrogen-bond acceptors (Lipinski definition) is 4. The highest BCUT2D eigenvalue weighted by molar-refractivity contribution is 6.30. The maximum Gasteiger partial charge on any atom is 0.293 e. The van der Waals surface area contributed by atoms with Gasteiger partial charge in [0.05, 0.1) is 12.8 Å². The Labute approximate surface area is 176 Å². The van der Waals surface area contributed by atoms with E-state index in [9.17, 15) is 4.79 Å². The lowest BCUT2D eigenvalue weighted by molar-refractivity contribution is 0.0772. The van der Waals surface area contributed by atoms with E-state index in [0.29, 0.717) is 29.1 Å². The molecular formula is C22H25ClN4O2. The predicted molar refractivity (Wildman–Crippen MR) is 114 cm³/mol. The molecule has 2 aromatic carbocycles. The molecule has 0 spiro atoms. The van der Waals surface area contributed by atoms with Gasteiger partial charge in [0.2, 0.25) is 5.82 Å². The lowest BCUT2D eigenvalue weighted by Crippen LogP contribution is -2.27. The summed E-state index contributed by atoms with van der Waals surface area (Å²) in [4.78, 5) is 18.9. The van der Waals surface area contributed by atoms with Crippen molar-refractivity contribution in [2.75, 3.05) is 14.2 Å². The highest BCUT2D eigenvalue weighted by Crippen LogP contribution is 2.25. The minimum atomic E-state index is -0.268. The number of methoxy groups -OCH3 is 1. The molecule has 0 aliphatic heterocycles. The lowest BCUT2D eigenvalue weighted by Gasteiger charge is -2.17. The van der Waals surface area contributed by atoms with E-state index in [2.05, 4.69) is 30.0 Å². The Morgan fingerprint density at radius 2 is 1.97 bits per heavy atom. The maximum atomic E-state index is 13.0. The van der Waals surface area contributed by atoms with E-state index in [1.807, 2.05) is 25.1 Å². The van der Waals surface area contributed by atoms with Gasteiger partial charge in [-0.2, -0.15) is 0 Å². The van der Waals surface area contributed by atoms with Gasteiger partial charge in [-0.15, -0.1) is 5.10 Å². The summed E-state index contributed by atoms with van der Waals surface area (Å²) in [6, 6.07) is 13.4. The van der Waals surface area contributed by atoms with Crippen molar-refractivity contribution in [3.63, 3.8) is 0 Å². The minimum absolute atomic E-state index is 0.157. The van der Waals surface area contributed by atoms with Crippen LogP contribution < -0.4 is 4.74 Å². The third-order valence-corrected chi connectivity index (χ3v) is 4.98. The molecule has 0 aliphatic rings. The number of ether oxygens (including phenoxy) is 1. The van der Waals surface area contributed by atoms with Crippen molar-refractivity contribution in [3.8, 4) is 11.4 Å². The quantitative estimate of drug-likeness (QED) is 0.592. The number of halogens is 1. The first-order valence-corrected chi connectivity index (χ1v) is 9.80. The van der Waals surface area contributed by atoms with Crippen LogP contribution in [0.5, 0.6) is 5.75 Å². The zero-order valence-electron chi connectivity index (χ0n) is 17.3. The molecule has 0 saturated heterocycles. The maximum absolute atomic E-state index is 13.0. The molecule has 0 atom stereocenters. The van der Waals surface area contributed by atoms with Gasteiger partial charge in [0.25, 0.3) is 5.91 Å². The number of rotatable bonds is 6. The van der Waals surface area contributed by atoms with E-state index in [0.717, 1.165) is 16.8 Å². The molecule has 152 valence electrons. The number of aryl methyl sites for hydroxylation is 1. The zero-order chi connectivity index (χ0) is 21.1. The van der Waals surface area contributed by atoms with Crippen molar-refractivity contribution in [3.05, 3.63) is 70.3 Å². The first kappa shape index (κ1) is 20.9. The Hall–Kier alpha value is -2.86. The molecule has 7 heteroatoms. The van der Waals surface area contributed by atoms with Crippen LogP contribution in [0.3, 0.4) is 0 Å². The van der Waals surface area contributed by atoms with Crippen LogP contribution in [0.25, 0.3) is 5.69 Å². The van der Waals surface area contributed by atoms with Crippen molar-refractivity contribution < 1.29 is 9.53 Å². The fraction of sp³-hybridized carbons (Fsp3) is 0.318. The number of carbonyl (C=O) groups excluding carboxylic acids is 1. The monoisotopic (exact) mass is 412 g/mol. The molecule has 1 heterocycles. The van der Waals surface area contributed by atoms with Crippen LogP contribution in [0.4, 0.5) is 0 Å². The number of carbonyl (C=O) groups is 1. The molecule has 0 saturated carbocycles. The summed E-state index contributed by atoms with van der Waals surface area (Å²) in [5.41, 5.74) is 2.90. The molecule has 1 aromatic heterocycles. The van der Waals surface area contributed by atoms with Gasteiger partial charge in [0.15, 0.2) is 0 Å². The second-order valence-corrected chi connectivity index (χ2v) is 7.66. The average Bonchev–Trinajstić information content (AvgIpc) is 3.09. The summed E-state index contributed by atoms with van der Waals surface area (Å²) in [5.74, 6) is 1.55. The SMILES string of the molecule is COc1ccc(Cl)cc1CN(C)C(=O)c1nc(C)n(-c2ccccc2C(C)C)n1. The van der Waals surface area contributed by atoms with E-state index < -0.39 is 0 Å². The predicted octanol–water partition coefficient (Wildman–Crippen LogP) is 4.63. The highest BCUT2D eigenvalue weighted by Gasteiger charge is 2.21. The normalized spacial score (nSPS) is 11.0. The summed E-state index contributed by atoms with van der Waals surface area (Å²) in [5, 5.41) is 5.09. The molecule has 1 amide bonds.